The number of nitrogen functional groups attached to an aromatic ring is 1. The molecule has 0 atom stereocenters. The van der Waals surface area contributed by atoms with Crippen molar-refractivity contribution < 1.29 is 0 Å². The molecule has 3 rings (SSSR count). The van der Waals surface area contributed by atoms with Crippen molar-refractivity contribution in [2.75, 3.05) is 5.73 Å². The summed E-state index contributed by atoms with van der Waals surface area (Å²) in [7, 11) is 0. The molecular formula is C24H33N. The standard InChI is InChI=1S/C24H33N/c1-3-4-5-19-6-11-22(12-7-19)23-13-8-20(9-14-23)17-21-10-15-24(25)18(2)16-21/h8-10,13-16,19,22H,3-7,11-12,17,25H2,1-2H3. The fraction of sp³-hybridized carbons (Fsp3) is 0.500. The Morgan fingerprint density at radius 1 is 0.920 bits per heavy atom. The molecule has 0 heterocycles. The lowest BCUT2D eigenvalue weighted by molar-refractivity contribution is 0.304. The number of anilines is 1. The summed E-state index contributed by atoms with van der Waals surface area (Å²) in [4.78, 5) is 0. The lowest BCUT2D eigenvalue weighted by Crippen LogP contribution is -2.13. The number of hydrogen-bond acceptors (Lipinski definition) is 1. The van der Waals surface area contributed by atoms with Crippen molar-refractivity contribution >= 4 is 5.69 Å². The summed E-state index contributed by atoms with van der Waals surface area (Å²) in [5.41, 5.74) is 12.3. The van der Waals surface area contributed by atoms with Gasteiger partial charge in [0.1, 0.15) is 0 Å². The van der Waals surface area contributed by atoms with Gasteiger partial charge in [0.2, 0.25) is 0 Å². The third kappa shape index (κ3) is 4.87. The Hall–Kier alpha value is -1.76. The molecule has 1 heteroatoms. The van der Waals surface area contributed by atoms with E-state index in [4.69, 9.17) is 5.73 Å². The Balaban J connectivity index is 1.56. The quantitative estimate of drug-likeness (QED) is 0.589. The number of aryl methyl sites for hydroxylation is 1. The number of unbranched alkanes of at least 4 members (excludes halogenated alkanes) is 1. The maximum atomic E-state index is 5.92. The van der Waals surface area contributed by atoms with Crippen LogP contribution in [0, 0.1) is 12.8 Å². The average Bonchev–Trinajstić information content (AvgIpc) is 2.64. The molecule has 0 aromatic heterocycles. The van der Waals surface area contributed by atoms with Gasteiger partial charge in [0, 0.05) is 5.69 Å². The van der Waals surface area contributed by atoms with Crippen LogP contribution in [0.5, 0.6) is 0 Å². The first-order valence-electron chi connectivity index (χ1n) is 10.1. The van der Waals surface area contributed by atoms with Crippen LogP contribution in [0.25, 0.3) is 0 Å². The van der Waals surface area contributed by atoms with Gasteiger partial charge in [-0.05, 0) is 79.2 Å². The van der Waals surface area contributed by atoms with E-state index >= 15 is 0 Å². The van der Waals surface area contributed by atoms with E-state index in [-0.39, 0.29) is 0 Å². The number of rotatable bonds is 6. The molecule has 134 valence electrons. The van der Waals surface area contributed by atoms with Gasteiger partial charge in [-0.3, -0.25) is 0 Å². The van der Waals surface area contributed by atoms with Crippen LogP contribution in [0.1, 0.15) is 80.0 Å². The average molecular weight is 336 g/mol. The third-order valence-electron chi connectivity index (χ3n) is 6.01. The second kappa shape index (κ2) is 8.56. The van der Waals surface area contributed by atoms with Crippen molar-refractivity contribution in [2.45, 2.75) is 71.1 Å². The van der Waals surface area contributed by atoms with Crippen molar-refractivity contribution in [3.8, 4) is 0 Å². The summed E-state index contributed by atoms with van der Waals surface area (Å²) >= 11 is 0. The molecule has 2 aromatic rings. The first-order valence-corrected chi connectivity index (χ1v) is 10.1. The highest BCUT2D eigenvalue weighted by molar-refractivity contribution is 5.48. The second-order valence-electron chi connectivity index (χ2n) is 7.97. The molecule has 1 aliphatic rings. The Morgan fingerprint density at radius 2 is 1.60 bits per heavy atom. The maximum absolute atomic E-state index is 5.92. The van der Waals surface area contributed by atoms with E-state index < -0.39 is 0 Å². The van der Waals surface area contributed by atoms with Crippen LogP contribution in [0.4, 0.5) is 5.69 Å². The molecule has 0 saturated heterocycles. The fourth-order valence-electron chi connectivity index (χ4n) is 4.27. The van der Waals surface area contributed by atoms with Crippen LogP contribution in [-0.4, -0.2) is 0 Å². The largest absolute Gasteiger partial charge is 0.399 e. The first-order chi connectivity index (χ1) is 12.2. The summed E-state index contributed by atoms with van der Waals surface area (Å²) in [6, 6.07) is 15.8. The summed E-state index contributed by atoms with van der Waals surface area (Å²) < 4.78 is 0. The van der Waals surface area contributed by atoms with E-state index in [1.165, 1.54) is 61.6 Å². The van der Waals surface area contributed by atoms with Gasteiger partial charge >= 0.3 is 0 Å². The summed E-state index contributed by atoms with van der Waals surface area (Å²) in [6.07, 6.45) is 10.8. The summed E-state index contributed by atoms with van der Waals surface area (Å²) in [5.74, 6) is 1.77. The van der Waals surface area contributed by atoms with Crippen LogP contribution in [0.3, 0.4) is 0 Å². The van der Waals surface area contributed by atoms with Crippen LogP contribution in [0.15, 0.2) is 42.5 Å². The molecule has 0 aliphatic heterocycles. The topological polar surface area (TPSA) is 26.0 Å². The van der Waals surface area contributed by atoms with Crippen molar-refractivity contribution in [3.05, 3.63) is 64.7 Å². The lowest BCUT2D eigenvalue weighted by Gasteiger charge is -2.29. The van der Waals surface area contributed by atoms with Gasteiger partial charge in [-0.1, -0.05) is 62.6 Å². The minimum atomic E-state index is 0.783. The molecule has 0 radical (unpaired) electrons. The zero-order chi connectivity index (χ0) is 17.6. The van der Waals surface area contributed by atoms with Gasteiger partial charge in [0.15, 0.2) is 0 Å². The monoisotopic (exact) mass is 335 g/mol. The predicted octanol–water partition coefficient (Wildman–Crippen LogP) is 6.63. The Morgan fingerprint density at radius 3 is 2.24 bits per heavy atom. The zero-order valence-corrected chi connectivity index (χ0v) is 15.9. The molecule has 0 amide bonds. The Labute approximate surface area is 153 Å². The van der Waals surface area contributed by atoms with Gasteiger partial charge in [0.25, 0.3) is 0 Å². The Kier molecular flexibility index (Phi) is 6.18. The lowest BCUT2D eigenvalue weighted by atomic mass is 9.77. The molecule has 2 aromatic carbocycles. The number of benzene rings is 2. The number of nitrogens with two attached hydrogens (primary N) is 1. The fourth-order valence-corrected chi connectivity index (χ4v) is 4.27. The van der Waals surface area contributed by atoms with E-state index in [0.29, 0.717) is 0 Å². The van der Waals surface area contributed by atoms with Crippen LogP contribution in [-0.2, 0) is 6.42 Å². The summed E-state index contributed by atoms with van der Waals surface area (Å²) in [6.45, 7) is 4.39. The van der Waals surface area contributed by atoms with Crippen molar-refractivity contribution in [1.82, 2.24) is 0 Å². The summed E-state index contributed by atoms with van der Waals surface area (Å²) in [5, 5.41) is 0. The van der Waals surface area contributed by atoms with E-state index in [2.05, 4.69) is 50.2 Å². The third-order valence-corrected chi connectivity index (χ3v) is 6.01. The van der Waals surface area contributed by atoms with Gasteiger partial charge < -0.3 is 5.73 Å². The molecule has 25 heavy (non-hydrogen) atoms. The van der Waals surface area contributed by atoms with Crippen LogP contribution >= 0.6 is 0 Å². The highest BCUT2D eigenvalue weighted by Crippen LogP contribution is 2.37. The molecule has 2 N–H and O–H groups in total. The van der Waals surface area contributed by atoms with Crippen LogP contribution < -0.4 is 5.73 Å². The van der Waals surface area contributed by atoms with Crippen LogP contribution in [0.2, 0.25) is 0 Å². The molecule has 1 fully saturated rings. The highest BCUT2D eigenvalue weighted by Gasteiger charge is 2.21. The SMILES string of the molecule is CCCCC1CCC(c2ccc(Cc3ccc(N)c(C)c3)cc2)CC1. The minimum absolute atomic E-state index is 0.783. The molecule has 1 nitrogen and oxygen atoms in total. The maximum Gasteiger partial charge on any atom is 0.0343 e. The van der Waals surface area contributed by atoms with E-state index in [9.17, 15) is 0 Å². The first kappa shape index (κ1) is 18.0. The molecule has 0 spiro atoms. The Bertz CT molecular complexity index is 663. The molecule has 1 aliphatic carbocycles. The molecular weight excluding hydrogens is 302 g/mol. The van der Waals surface area contributed by atoms with Crippen molar-refractivity contribution in [1.29, 1.82) is 0 Å². The molecule has 0 unspecified atom stereocenters. The minimum Gasteiger partial charge on any atom is -0.399 e. The smallest absolute Gasteiger partial charge is 0.0343 e. The zero-order valence-electron chi connectivity index (χ0n) is 15.9. The van der Waals surface area contributed by atoms with Crippen molar-refractivity contribution in [2.24, 2.45) is 5.92 Å². The normalized spacial score (nSPS) is 20.6. The molecule has 1 saturated carbocycles. The second-order valence-corrected chi connectivity index (χ2v) is 7.97. The van der Waals surface area contributed by atoms with Gasteiger partial charge in [0.05, 0.1) is 0 Å². The van der Waals surface area contributed by atoms with Gasteiger partial charge in [-0.25, -0.2) is 0 Å². The van der Waals surface area contributed by atoms with E-state index in [1.54, 1.807) is 5.56 Å². The van der Waals surface area contributed by atoms with E-state index in [0.717, 1.165) is 23.9 Å². The molecule has 0 bridgehead atoms. The van der Waals surface area contributed by atoms with Crippen molar-refractivity contribution in [3.63, 3.8) is 0 Å². The van der Waals surface area contributed by atoms with Gasteiger partial charge in [-0.15, -0.1) is 0 Å². The van der Waals surface area contributed by atoms with E-state index in [1.807, 2.05) is 6.07 Å². The predicted molar refractivity (Wildman–Crippen MR) is 109 cm³/mol. The number of hydrogen-bond donors (Lipinski definition) is 1. The highest BCUT2D eigenvalue weighted by atomic mass is 14.5. The van der Waals surface area contributed by atoms with Gasteiger partial charge in [-0.2, -0.15) is 0 Å².